The van der Waals surface area contributed by atoms with Crippen molar-refractivity contribution in [3.05, 3.63) is 42.0 Å². The number of carbonyl (C=O) groups is 1. The van der Waals surface area contributed by atoms with Crippen LogP contribution < -0.4 is 0 Å². The number of carboxylic acids is 1. The monoisotopic (exact) mass is 302 g/mol. The van der Waals surface area contributed by atoms with Gasteiger partial charge in [-0.2, -0.15) is 0 Å². The molecule has 0 atom stereocenters. The molecule has 0 bridgehead atoms. The Labute approximate surface area is 128 Å². The van der Waals surface area contributed by atoms with E-state index in [-0.39, 0.29) is 6.42 Å². The van der Waals surface area contributed by atoms with Crippen molar-refractivity contribution >= 4 is 17.7 Å². The molecule has 0 unspecified atom stereocenters. The second kappa shape index (κ2) is 7.22. The van der Waals surface area contributed by atoms with E-state index in [1.165, 1.54) is 17.3 Å². The lowest BCUT2D eigenvalue weighted by Gasteiger charge is -2.06. The maximum atomic E-state index is 10.5. The number of thioether (sulfide) groups is 1. The second-order valence-electron chi connectivity index (χ2n) is 5.03. The number of nitrogens with zero attached hydrogens (tertiary/aromatic N) is 2. The number of rotatable bonds is 6. The molecule has 110 valence electrons. The zero-order chi connectivity index (χ0) is 15.2. The SMILES string of the molecule is CC(C)c1ccc(-c2ccc(SCCC(=O)O)nn2)cc1. The summed E-state index contributed by atoms with van der Waals surface area (Å²) >= 11 is 1.40. The molecular formula is C16H18N2O2S. The predicted molar refractivity (Wildman–Crippen MR) is 84.5 cm³/mol. The van der Waals surface area contributed by atoms with Crippen molar-refractivity contribution in [1.29, 1.82) is 0 Å². The molecule has 0 spiro atoms. The molecule has 0 amide bonds. The van der Waals surface area contributed by atoms with E-state index in [4.69, 9.17) is 5.11 Å². The third kappa shape index (κ3) is 4.56. The van der Waals surface area contributed by atoms with Gasteiger partial charge in [-0.05, 0) is 23.6 Å². The van der Waals surface area contributed by atoms with Gasteiger partial charge < -0.3 is 5.11 Å². The fraction of sp³-hybridized carbons (Fsp3) is 0.312. The molecule has 1 N–H and O–H groups in total. The van der Waals surface area contributed by atoms with Crippen LogP contribution in [0.25, 0.3) is 11.3 Å². The average Bonchev–Trinajstić information content (AvgIpc) is 2.48. The summed E-state index contributed by atoms with van der Waals surface area (Å²) in [6, 6.07) is 12.1. The fourth-order valence-corrected chi connectivity index (χ4v) is 2.58. The fourth-order valence-electron chi connectivity index (χ4n) is 1.83. The topological polar surface area (TPSA) is 63.1 Å². The van der Waals surface area contributed by atoms with Crippen LogP contribution in [-0.2, 0) is 4.79 Å². The molecule has 21 heavy (non-hydrogen) atoms. The first-order chi connectivity index (χ1) is 10.1. The predicted octanol–water partition coefficient (Wildman–Crippen LogP) is 3.83. The molecule has 0 aliphatic rings. The van der Waals surface area contributed by atoms with Crippen molar-refractivity contribution in [3.8, 4) is 11.3 Å². The quantitative estimate of drug-likeness (QED) is 0.822. The third-order valence-electron chi connectivity index (χ3n) is 3.08. The first-order valence-electron chi connectivity index (χ1n) is 6.85. The molecule has 1 aromatic carbocycles. The highest BCUT2D eigenvalue weighted by molar-refractivity contribution is 7.99. The molecule has 0 saturated heterocycles. The van der Waals surface area contributed by atoms with Crippen LogP contribution in [0.2, 0.25) is 0 Å². The molecule has 2 rings (SSSR count). The highest BCUT2D eigenvalue weighted by Crippen LogP contribution is 2.22. The van der Waals surface area contributed by atoms with E-state index in [2.05, 4.69) is 48.3 Å². The van der Waals surface area contributed by atoms with Gasteiger partial charge in [0.1, 0.15) is 5.03 Å². The van der Waals surface area contributed by atoms with Crippen molar-refractivity contribution in [3.63, 3.8) is 0 Å². The van der Waals surface area contributed by atoms with E-state index >= 15 is 0 Å². The van der Waals surface area contributed by atoms with Gasteiger partial charge in [-0.25, -0.2) is 0 Å². The van der Waals surface area contributed by atoms with Crippen LogP contribution in [0.15, 0.2) is 41.4 Å². The Morgan fingerprint density at radius 2 is 1.86 bits per heavy atom. The molecule has 0 fully saturated rings. The van der Waals surface area contributed by atoms with Crippen molar-refractivity contribution < 1.29 is 9.90 Å². The van der Waals surface area contributed by atoms with Crippen LogP contribution in [0.4, 0.5) is 0 Å². The van der Waals surface area contributed by atoms with E-state index < -0.39 is 5.97 Å². The van der Waals surface area contributed by atoms with Crippen LogP contribution in [0.5, 0.6) is 0 Å². The van der Waals surface area contributed by atoms with Gasteiger partial charge in [0, 0.05) is 11.3 Å². The van der Waals surface area contributed by atoms with Crippen LogP contribution in [0.3, 0.4) is 0 Å². The van der Waals surface area contributed by atoms with Crippen LogP contribution in [0.1, 0.15) is 31.7 Å². The largest absolute Gasteiger partial charge is 0.481 e. The minimum Gasteiger partial charge on any atom is -0.481 e. The Morgan fingerprint density at radius 1 is 1.14 bits per heavy atom. The Hall–Kier alpha value is -1.88. The van der Waals surface area contributed by atoms with E-state index in [9.17, 15) is 4.79 Å². The standard InChI is InChI=1S/C16H18N2O2S/c1-11(2)12-3-5-13(6-4-12)14-7-8-15(18-17-14)21-10-9-16(19)20/h3-8,11H,9-10H2,1-2H3,(H,19,20). The number of hydrogen-bond donors (Lipinski definition) is 1. The maximum absolute atomic E-state index is 10.5. The normalized spacial score (nSPS) is 10.8. The molecular weight excluding hydrogens is 284 g/mol. The van der Waals surface area contributed by atoms with E-state index in [0.717, 1.165) is 16.3 Å². The van der Waals surface area contributed by atoms with Crippen LogP contribution >= 0.6 is 11.8 Å². The number of carboxylic acid groups (broad SMARTS) is 1. The number of aliphatic carboxylic acids is 1. The summed E-state index contributed by atoms with van der Waals surface area (Å²) in [5.41, 5.74) is 3.16. The number of benzene rings is 1. The van der Waals surface area contributed by atoms with Crippen LogP contribution in [0, 0.1) is 0 Å². The van der Waals surface area contributed by atoms with Gasteiger partial charge in [-0.3, -0.25) is 4.79 Å². The van der Waals surface area contributed by atoms with Gasteiger partial charge in [-0.1, -0.05) is 38.1 Å². The lowest BCUT2D eigenvalue weighted by Crippen LogP contribution is -1.97. The number of aromatic nitrogens is 2. The van der Waals surface area contributed by atoms with Crippen molar-refractivity contribution in [2.24, 2.45) is 0 Å². The molecule has 1 aromatic heterocycles. The van der Waals surface area contributed by atoms with E-state index in [1.807, 2.05) is 12.1 Å². The van der Waals surface area contributed by atoms with E-state index in [0.29, 0.717) is 11.7 Å². The second-order valence-corrected chi connectivity index (χ2v) is 6.14. The Bertz CT molecular complexity index is 595. The summed E-state index contributed by atoms with van der Waals surface area (Å²) in [6.07, 6.45) is 0.130. The van der Waals surface area contributed by atoms with Gasteiger partial charge in [0.2, 0.25) is 0 Å². The van der Waals surface area contributed by atoms with Gasteiger partial charge in [-0.15, -0.1) is 22.0 Å². The summed E-state index contributed by atoms with van der Waals surface area (Å²) in [7, 11) is 0. The Morgan fingerprint density at radius 3 is 2.38 bits per heavy atom. The lowest BCUT2D eigenvalue weighted by molar-refractivity contribution is -0.136. The van der Waals surface area contributed by atoms with Crippen molar-refractivity contribution in [2.75, 3.05) is 5.75 Å². The molecule has 0 aliphatic heterocycles. The van der Waals surface area contributed by atoms with Gasteiger partial charge >= 0.3 is 5.97 Å². The molecule has 0 aliphatic carbocycles. The first kappa shape index (κ1) is 15.5. The van der Waals surface area contributed by atoms with Gasteiger partial charge in [0.25, 0.3) is 0 Å². The minimum absolute atomic E-state index is 0.130. The zero-order valence-corrected chi connectivity index (χ0v) is 12.9. The summed E-state index contributed by atoms with van der Waals surface area (Å²) in [6.45, 7) is 4.33. The van der Waals surface area contributed by atoms with Gasteiger partial charge in [0.05, 0.1) is 12.1 Å². The van der Waals surface area contributed by atoms with Crippen molar-refractivity contribution in [2.45, 2.75) is 31.2 Å². The minimum atomic E-state index is -0.794. The molecule has 2 aromatic rings. The molecule has 4 nitrogen and oxygen atoms in total. The Kier molecular flexibility index (Phi) is 5.33. The summed E-state index contributed by atoms with van der Waals surface area (Å²) in [4.78, 5) is 10.5. The average molecular weight is 302 g/mol. The maximum Gasteiger partial charge on any atom is 0.304 e. The first-order valence-corrected chi connectivity index (χ1v) is 7.83. The third-order valence-corrected chi connectivity index (χ3v) is 4.00. The Balaban J connectivity index is 2.02. The summed E-state index contributed by atoms with van der Waals surface area (Å²) in [5.74, 6) is 0.224. The van der Waals surface area contributed by atoms with Gasteiger partial charge in [0.15, 0.2) is 0 Å². The highest BCUT2D eigenvalue weighted by Gasteiger charge is 2.04. The molecule has 0 saturated carbocycles. The van der Waals surface area contributed by atoms with Crippen LogP contribution in [-0.4, -0.2) is 27.0 Å². The summed E-state index contributed by atoms with van der Waals surface area (Å²) in [5, 5.41) is 17.7. The molecule has 5 heteroatoms. The zero-order valence-electron chi connectivity index (χ0n) is 12.1. The van der Waals surface area contributed by atoms with E-state index in [1.54, 1.807) is 0 Å². The lowest BCUT2D eigenvalue weighted by atomic mass is 10.0. The van der Waals surface area contributed by atoms with Crippen molar-refractivity contribution in [1.82, 2.24) is 10.2 Å². The molecule has 1 heterocycles. The molecule has 0 radical (unpaired) electrons. The number of hydrogen-bond acceptors (Lipinski definition) is 4. The highest BCUT2D eigenvalue weighted by atomic mass is 32.2. The summed E-state index contributed by atoms with van der Waals surface area (Å²) < 4.78 is 0. The smallest absolute Gasteiger partial charge is 0.304 e.